The van der Waals surface area contributed by atoms with Crippen molar-refractivity contribution in [3.63, 3.8) is 0 Å². The Labute approximate surface area is 108 Å². The van der Waals surface area contributed by atoms with E-state index in [0.29, 0.717) is 13.1 Å². The van der Waals surface area contributed by atoms with Crippen LogP contribution in [0.5, 0.6) is 0 Å². The molecule has 2 rings (SSSR count). The van der Waals surface area contributed by atoms with Gasteiger partial charge in [0, 0.05) is 30.8 Å². The van der Waals surface area contributed by atoms with Crippen LogP contribution in [0.15, 0.2) is 22.0 Å². The Morgan fingerprint density at radius 1 is 1.35 bits per heavy atom. The molecule has 1 aliphatic rings. The molecule has 17 heavy (non-hydrogen) atoms. The van der Waals surface area contributed by atoms with Crippen molar-refractivity contribution in [3.05, 3.63) is 27.6 Å². The molecule has 0 spiro atoms. The van der Waals surface area contributed by atoms with E-state index in [1.165, 1.54) is 16.6 Å². The Morgan fingerprint density at radius 3 is 2.59 bits per heavy atom. The first-order valence-electron chi connectivity index (χ1n) is 4.98. The highest BCUT2D eigenvalue weighted by atomic mass is 35.5. The van der Waals surface area contributed by atoms with Gasteiger partial charge >= 0.3 is 0 Å². The minimum Gasteiger partial charge on any atom is -0.326 e. The predicted molar refractivity (Wildman–Crippen MR) is 68.2 cm³/mol. The van der Waals surface area contributed by atoms with Gasteiger partial charge in [0.25, 0.3) is 5.56 Å². The summed E-state index contributed by atoms with van der Waals surface area (Å²) in [7, 11) is -3.54. The zero-order valence-electron chi connectivity index (χ0n) is 8.85. The van der Waals surface area contributed by atoms with Gasteiger partial charge in [-0.05, 0) is 6.07 Å². The van der Waals surface area contributed by atoms with Crippen LogP contribution in [0.4, 0.5) is 0 Å². The SMILES string of the molecule is O=c1[nH]cc(S(=O)(=O)N2CCSCC2)cc1Cl. The lowest BCUT2D eigenvalue weighted by Crippen LogP contribution is -2.38. The molecule has 0 radical (unpaired) electrons. The third-order valence-electron chi connectivity index (χ3n) is 2.44. The molecule has 0 saturated carbocycles. The van der Waals surface area contributed by atoms with Crippen molar-refractivity contribution in [1.29, 1.82) is 0 Å². The topological polar surface area (TPSA) is 70.2 Å². The monoisotopic (exact) mass is 294 g/mol. The molecule has 0 aliphatic carbocycles. The van der Waals surface area contributed by atoms with Crippen LogP contribution in [0.1, 0.15) is 0 Å². The average molecular weight is 295 g/mol. The minimum atomic E-state index is -3.54. The molecular formula is C9H11ClN2O3S2. The number of halogens is 1. The molecule has 0 atom stereocenters. The van der Waals surface area contributed by atoms with Gasteiger partial charge in [-0.15, -0.1) is 0 Å². The average Bonchev–Trinajstić information content (AvgIpc) is 2.33. The van der Waals surface area contributed by atoms with E-state index in [1.807, 2.05) is 0 Å². The number of nitrogens with one attached hydrogen (secondary N) is 1. The zero-order valence-corrected chi connectivity index (χ0v) is 11.2. The molecule has 0 aromatic carbocycles. The van der Waals surface area contributed by atoms with Crippen molar-refractivity contribution in [2.75, 3.05) is 24.6 Å². The summed E-state index contributed by atoms with van der Waals surface area (Å²) < 4.78 is 25.8. The Bertz CT molecular complexity index is 564. The number of hydrogen-bond donors (Lipinski definition) is 1. The second-order valence-electron chi connectivity index (χ2n) is 3.53. The summed E-state index contributed by atoms with van der Waals surface area (Å²) in [4.78, 5) is 13.4. The molecule has 0 amide bonds. The van der Waals surface area contributed by atoms with E-state index >= 15 is 0 Å². The lowest BCUT2D eigenvalue weighted by atomic mass is 10.5. The molecule has 94 valence electrons. The van der Waals surface area contributed by atoms with E-state index in [9.17, 15) is 13.2 Å². The summed E-state index contributed by atoms with van der Waals surface area (Å²) in [5, 5.41) is -0.113. The fraction of sp³-hybridized carbons (Fsp3) is 0.444. The van der Waals surface area contributed by atoms with Crippen LogP contribution < -0.4 is 5.56 Å². The Balaban J connectivity index is 2.36. The van der Waals surface area contributed by atoms with Crippen molar-refractivity contribution in [2.45, 2.75) is 4.90 Å². The maximum Gasteiger partial charge on any atom is 0.266 e. The summed E-state index contributed by atoms with van der Waals surface area (Å²) in [6.45, 7) is 0.980. The number of sulfonamides is 1. The fourth-order valence-electron chi connectivity index (χ4n) is 1.52. The third kappa shape index (κ3) is 2.67. The first-order valence-corrected chi connectivity index (χ1v) is 7.95. The van der Waals surface area contributed by atoms with E-state index in [2.05, 4.69) is 4.98 Å². The highest BCUT2D eigenvalue weighted by molar-refractivity contribution is 7.99. The molecule has 2 heterocycles. The van der Waals surface area contributed by atoms with Gasteiger partial charge in [-0.3, -0.25) is 4.79 Å². The molecule has 1 fully saturated rings. The highest BCUT2D eigenvalue weighted by Crippen LogP contribution is 2.20. The molecule has 1 aliphatic heterocycles. The van der Waals surface area contributed by atoms with Crippen LogP contribution in [0.3, 0.4) is 0 Å². The van der Waals surface area contributed by atoms with Crippen molar-refractivity contribution in [2.24, 2.45) is 0 Å². The van der Waals surface area contributed by atoms with Crippen LogP contribution in [0, 0.1) is 0 Å². The van der Waals surface area contributed by atoms with Gasteiger partial charge in [-0.25, -0.2) is 8.42 Å². The second-order valence-corrected chi connectivity index (χ2v) is 7.10. The number of rotatable bonds is 2. The van der Waals surface area contributed by atoms with Crippen LogP contribution in [0.25, 0.3) is 0 Å². The van der Waals surface area contributed by atoms with E-state index < -0.39 is 15.6 Å². The van der Waals surface area contributed by atoms with Crippen molar-refractivity contribution < 1.29 is 8.42 Å². The second kappa shape index (κ2) is 5.01. The summed E-state index contributed by atoms with van der Waals surface area (Å²) in [5.41, 5.74) is -0.486. The number of pyridine rings is 1. The van der Waals surface area contributed by atoms with Gasteiger partial charge < -0.3 is 4.98 Å². The first-order chi connectivity index (χ1) is 8.01. The zero-order chi connectivity index (χ0) is 12.5. The summed E-state index contributed by atoms with van der Waals surface area (Å²) >= 11 is 7.35. The van der Waals surface area contributed by atoms with Crippen LogP contribution >= 0.6 is 23.4 Å². The molecule has 1 aromatic heterocycles. The van der Waals surface area contributed by atoms with E-state index in [1.54, 1.807) is 11.8 Å². The quantitative estimate of drug-likeness (QED) is 0.874. The number of H-pyrrole nitrogens is 1. The van der Waals surface area contributed by atoms with Gasteiger partial charge in [-0.2, -0.15) is 16.1 Å². The lowest BCUT2D eigenvalue weighted by Gasteiger charge is -2.25. The third-order valence-corrected chi connectivity index (χ3v) is 5.54. The van der Waals surface area contributed by atoms with Crippen molar-refractivity contribution in [3.8, 4) is 0 Å². The minimum absolute atomic E-state index is 0.0361. The molecule has 5 nitrogen and oxygen atoms in total. The van der Waals surface area contributed by atoms with Crippen LogP contribution in [-0.4, -0.2) is 42.3 Å². The smallest absolute Gasteiger partial charge is 0.266 e. The Kier molecular flexibility index (Phi) is 3.82. The molecule has 1 aromatic rings. The number of aromatic amines is 1. The Morgan fingerprint density at radius 2 is 2.00 bits per heavy atom. The van der Waals surface area contributed by atoms with E-state index in [-0.39, 0.29) is 9.92 Å². The predicted octanol–water partition coefficient (Wildman–Crippen LogP) is 0.766. The summed E-state index contributed by atoms with van der Waals surface area (Å²) in [5.74, 6) is 1.58. The van der Waals surface area contributed by atoms with E-state index in [4.69, 9.17) is 11.6 Å². The lowest BCUT2D eigenvalue weighted by molar-refractivity contribution is 0.443. The maximum atomic E-state index is 12.2. The highest BCUT2D eigenvalue weighted by Gasteiger charge is 2.26. The van der Waals surface area contributed by atoms with Crippen molar-refractivity contribution in [1.82, 2.24) is 9.29 Å². The molecular weight excluding hydrogens is 284 g/mol. The number of hydrogen-bond acceptors (Lipinski definition) is 4. The molecule has 1 saturated heterocycles. The van der Waals surface area contributed by atoms with E-state index in [0.717, 1.165) is 11.5 Å². The molecule has 1 N–H and O–H groups in total. The van der Waals surface area contributed by atoms with Gasteiger partial charge in [0.2, 0.25) is 10.0 Å². The summed E-state index contributed by atoms with van der Waals surface area (Å²) in [6, 6.07) is 1.19. The number of nitrogens with zero attached hydrogens (tertiary/aromatic N) is 1. The maximum absolute atomic E-state index is 12.2. The summed E-state index contributed by atoms with van der Waals surface area (Å²) in [6.07, 6.45) is 1.19. The standard InChI is InChI=1S/C9H11ClN2O3S2/c10-8-5-7(6-11-9(8)13)17(14,15)12-1-3-16-4-2-12/h5-6H,1-4H2,(H,11,13). The Hall–Kier alpha value is -0.500. The normalized spacial score (nSPS) is 18.2. The van der Waals surface area contributed by atoms with Crippen molar-refractivity contribution >= 4 is 33.4 Å². The van der Waals surface area contributed by atoms with Gasteiger partial charge in [-0.1, -0.05) is 11.6 Å². The molecule has 8 heteroatoms. The van der Waals surface area contributed by atoms with Crippen LogP contribution in [0.2, 0.25) is 5.02 Å². The number of aromatic nitrogens is 1. The van der Waals surface area contributed by atoms with Gasteiger partial charge in [0.05, 0.1) is 4.90 Å². The van der Waals surface area contributed by atoms with Gasteiger partial charge in [0.1, 0.15) is 5.02 Å². The molecule has 0 unspecified atom stereocenters. The van der Waals surface area contributed by atoms with Gasteiger partial charge in [0.15, 0.2) is 0 Å². The molecule has 0 bridgehead atoms. The van der Waals surface area contributed by atoms with Crippen LogP contribution in [-0.2, 0) is 10.0 Å². The largest absolute Gasteiger partial charge is 0.326 e. The number of thioether (sulfide) groups is 1. The fourth-order valence-corrected chi connectivity index (χ4v) is 4.33. The first kappa shape index (κ1) is 12.9.